The van der Waals surface area contributed by atoms with Gasteiger partial charge in [-0.25, -0.2) is 0 Å². The maximum atomic E-state index is 3.24. The zero-order valence-electron chi connectivity index (χ0n) is 4.09. The summed E-state index contributed by atoms with van der Waals surface area (Å²) < 4.78 is 0. The Hall–Kier alpha value is -0.520. The normalized spacial score (nSPS) is 43.4. The van der Waals surface area contributed by atoms with Crippen LogP contribution in [0.5, 0.6) is 0 Å². The topological polar surface area (TPSA) is 0 Å². The van der Waals surface area contributed by atoms with Gasteiger partial charge in [-0.15, -0.1) is 6.08 Å². The van der Waals surface area contributed by atoms with Gasteiger partial charge in [0.1, 0.15) is 0 Å². The molecule has 2 atom stereocenters. The van der Waals surface area contributed by atoms with Crippen LogP contribution in [0.25, 0.3) is 0 Å². The van der Waals surface area contributed by atoms with E-state index in [1.165, 1.54) is 6.42 Å². The van der Waals surface area contributed by atoms with Crippen LogP contribution in [0.15, 0.2) is 18.2 Å². The van der Waals surface area contributed by atoms with Crippen molar-refractivity contribution in [2.24, 2.45) is 11.8 Å². The average Bonchev–Trinajstić information content (AvgIpc) is 2.22. The van der Waals surface area contributed by atoms with Gasteiger partial charge in [0.25, 0.3) is 0 Å². The first-order valence-corrected chi connectivity index (χ1v) is 2.73. The number of rotatable bonds is 0. The highest BCUT2D eigenvalue weighted by Gasteiger charge is 2.09. The molecule has 0 heterocycles. The molecule has 0 aromatic carbocycles. The molecule has 2 unspecified atom stereocenters. The van der Waals surface area contributed by atoms with Crippen LogP contribution in [-0.2, 0) is 0 Å². The van der Waals surface area contributed by atoms with E-state index in [2.05, 4.69) is 24.3 Å². The van der Waals surface area contributed by atoms with Crippen molar-refractivity contribution < 1.29 is 0 Å². The lowest BCUT2D eigenvalue weighted by atomic mass is 10.2. The Kier molecular flexibility index (Phi) is 0.498. The summed E-state index contributed by atoms with van der Waals surface area (Å²) in [6, 6.07) is 0. The van der Waals surface area contributed by atoms with Crippen molar-refractivity contribution >= 4 is 0 Å². The van der Waals surface area contributed by atoms with Crippen LogP contribution >= 0.6 is 0 Å². The van der Waals surface area contributed by atoms with Crippen molar-refractivity contribution in [1.29, 1.82) is 0 Å². The molecule has 2 bridgehead atoms. The van der Waals surface area contributed by atoms with Gasteiger partial charge in [-0.3, -0.25) is 6.08 Å². The fraction of sp³-hybridized carbons (Fsp3) is 0.429. The predicted molar refractivity (Wildman–Crippen MR) is 28.5 cm³/mol. The third-order valence-corrected chi connectivity index (χ3v) is 1.64. The first kappa shape index (κ1) is 3.48. The quantitative estimate of drug-likeness (QED) is 0.313. The zero-order valence-corrected chi connectivity index (χ0v) is 4.09. The van der Waals surface area contributed by atoms with Gasteiger partial charge in [0.2, 0.25) is 0 Å². The second kappa shape index (κ2) is 1.00. The second-order valence-corrected chi connectivity index (χ2v) is 2.22. The Labute approximate surface area is 43.5 Å². The first-order valence-electron chi connectivity index (χ1n) is 2.73. The molecule has 0 fully saturated rings. The molecular formula is C7H7-. The molecule has 0 saturated carbocycles. The van der Waals surface area contributed by atoms with Gasteiger partial charge in [-0.1, -0.05) is 12.5 Å². The highest BCUT2D eigenvalue weighted by Crippen LogP contribution is 2.30. The number of hydrogen-bond donors (Lipinski definition) is 0. The number of hydrogen-bond acceptors (Lipinski definition) is 0. The van der Waals surface area contributed by atoms with Crippen molar-refractivity contribution in [3.8, 4) is 0 Å². The Morgan fingerprint density at radius 2 is 2.43 bits per heavy atom. The zero-order chi connectivity index (χ0) is 4.69. The summed E-state index contributed by atoms with van der Waals surface area (Å²) in [6.07, 6.45) is 11.2. The van der Waals surface area contributed by atoms with Crippen molar-refractivity contribution in [2.75, 3.05) is 0 Å². The summed E-state index contributed by atoms with van der Waals surface area (Å²) >= 11 is 0. The Bertz CT molecular complexity index is 103. The van der Waals surface area contributed by atoms with E-state index in [1.54, 1.807) is 0 Å². The maximum absolute atomic E-state index is 3.24. The van der Waals surface area contributed by atoms with Crippen LogP contribution in [0, 0.1) is 17.9 Å². The lowest BCUT2D eigenvalue weighted by Gasteiger charge is -2.04. The fourth-order valence-electron chi connectivity index (χ4n) is 1.22. The summed E-state index contributed by atoms with van der Waals surface area (Å²) in [7, 11) is 0. The van der Waals surface area contributed by atoms with Crippen LogP contribution in [0.2, 0.25) is 0 Å². The molecule has 0 heteroatoms. The van der Waals surface area contributed by atoms with Crippen LogP contribution in [-0.4, -0.2) is 0 Å². The van der Waals surface area contributed by atoms with Gasteiger partial charge in [0.15, 0.2) is 0 Å². The van der Waals surface area contributed by atoms with Gasteiger partial charge >= 0.3 is 0 Å². The Morgan fingerprint density at radius 1 is 1.43 bits per heavy atom. The van der Waals surface area contributed by atoms with Crippen molar-refractivity contribution in [2.45, 2.75) is 6.42 Å². The van der Waals surface area contributed by atoms with Gasteiger partial charge in [-0.05, 0) is 5.92 Å². The van der Waals surface area contributed by atoms with E-state index in [0.29, 0.717) is 5.92 Å². The van der Waals surface area contributed by atoms with Crippen molar-refractivity contribution in [3.05, 3.63) is 24.3 Å². The van der Waals surface area contributed by atoms with Crippen LogP contribution < -0.4 is 0 Å². The van der Waals surface area contributed by atoms with E-state index in [1.807, 2.05) is 0 Å². The molecule has 0 saturated heterocycles. The van der Waals surface area contributed by atoms with E-state index in [-0.39, 0.29) is 0 Å². The third kappa shape index (κ3) is 0.365. The standard InChI is InChI=1S/C7H7/c1-2-7-4-3-6(1)5-7/h1-3,6-7H,5H2/q-1. The molecule has 0 amide bonds. The molecule has 0 aromatic rings. The SMILES string of the molecule is [C-]1=CC2C=CC1C2. The fourth-order valence-corrected chi connectivity index (χ4v) is 1.22. The van der Waals surface area contributed by atoms with Gasteiger partial charge < -0.3 is 6.08 Å². The molecule has 0 aromatic heterocycles. The van der Waals surface area contributed by atoms with E-state index in [4.69, 9.17) is 0 Å². The molecule has 0 spiro atoms. The first-order chi connectivity index (χ1) is 3.45. The Morgan fingerprint density at radius 3 is 2.57 bits per heavy atom. The molecular weight excluding hydrogens is 84.1 g/mol. The van der Waals surface area contributed by atoms with Crippen LogP contribution in [0.3, 0.4) is 0 Å². The van der Waals surface area contributed by atoms with Gasteiger partial charge in [0, 0.05) is 0 Å². The van der Waals surface area contributed by atoms with E-state index < -0.39 is 0 Å². The second-order valence-electron chi connectivity index (χ2n) is 2.22. The molecule has 2 aliphatic carbocycles. The van der Waals surface area contributed by atoms with Crippen molar-refractivity contribution in [1.82, 2.24) is 0 Å². The molecule has 2 rings (SSSR count). The van der Waals surface area contributed by atoms with Gasteiger partial charge in [-0.2, -0.15) is 5.92 Å². The highest BCUT2D eigenvalue weighted by atomic mass is 14.2. The molecule has 7 heavy (non-hydrogen) atoms. The largest absolute Gasteiger partial charge is 0.493 e. The summed E-state index contributed by atoms with van der Waals surface area (Å²) in [5.74, 6) is 1.44. The minimum absolute atomic E-state index is 0.685. The van der Waals surface area contributed by atoms with Crippen LogP contribution in [0.4, 0.5) is 0 Å². The van der Waals surface area contributed by atoms with Gasteiger partial charge in [0.05, 0.1) is 0 Å². The minimum Gasteiger partial charge on any atom is -0.493 e. The molecule has 0 nitrogen and oxygen atoms in total. The number of fused-ring (bicyclic) bond motifs is 2. The van der Waals surface area contributed by atoms with E-state index in [0.717, 1.165) is 5.92 Å². The molecule has 0 aliphatic heterocycles. The smallest absolute Gasteiger partial charge is 0.0389 e. The number of allylic oxidation sites excluding steroid dienone is 4. The molecule has 0 N–H and O–H groups in total. The van der Waals surface area contributed by atoms with Crippen LogP contribution in [0.1, 0.15) is 6.42 Å². The van der Waals surface area contributed by atoms with Crippen molar-refractivity contribution in [3.63, 3.8) is 0 Å². The summed E-state index contributed by atoms with van der Waals surface area (Å²) in [5, 5.41) is 0. The molecule has 36 valence electrons. The van der Waals surface area contributed by atoms with E-state index >= 15 is 0 Å². The highest BCUT2D eigenvalue weighted by molar-refractivity contribution is 5.17. The maximum Gasteiger partial charge on any atom is -0.0389 e. The summed E-state index contributed by atoms with van der Waals surface area (Å²) in [6.45, 7) is 0. The Balaban J connectivity index is 2.38. The molecule has 2 aliphatic rings. The monoisotopic (exact) mass is 91.1 g/mol. The summed E-state index contributed by atoms with van der Waals surface area (Å²) in [5.41, 5.74) is 0. The minimum atomic E-state index is 0.685. The predicted octanol–water partition coefficient (Wildman–Crippen LogP) is 1.55. The average molecular weight is 91.1 g/mol. The lowest BCUT2D eigenvalue weighted by Crippen LogP contribution is -1.79. The van der Waals surface area contributed by atoms with E-state index in [9.17, 15) is 0 Å². The lowest BCUT2D eigenvalue weighted by molar-refractivity contribution is 0.725. The molecule has 0 radical (unpaired) electrons. The third-order valence-electron chi connectivity index (χ3n) is 1.64. The summed E-state index contributed by atoms with van der Waals surface area (Å²) in [4.78, 5) is 0.